The first-order valence-corrected chi connectivity index (χ1v) is 7.77. The number of halogens is 1. The minimum Gasteiger partial charge on any atom is -0.311 e. The van der Waals surface area contributed by atoms with Crippen LogP contribution in [0.1, 0.15) is 34.3 Å². The number of anilines is 1. The molecule has 0 atom stereocenters. The maximum atomic E-state index is 12.0. The third kappa shape index (κ3) is 4.49. The van der Waals surface area contributed by atoms with Crippen molar-refractivity contribution in [3.05, 3.63) is 57.7 Å². The van der Waals surface area contributed by atoms with E-state index in [1.54, 1.807) is 24.4 Å². The first-order chi connectivity index (χ1) is 10.5. The van der Waals surface area contributed by atoms with Crippen LogP contribution in [0.25, 0.3) is 0 Å². The summed E-state index contributed by atoms with van der Waals surface area (Å²) >= 11 is 3.36. The minimum atomic E-state index is -0.213. The van der Waals surface area contributed by atoms with Gasteiger partial charge in [0.25, 0.3) is 0 Å². The summed E-state index contributed by atoms with van der Waals surface area (Å²) < 4.78 is 0.889. The molecule has 0 aliphatic rings. The zero-order valence-electron chi connectivity index (χ0n) is 12.5. The second-order valence-corrected chi connectivity index (χ2v) is 6.01. The molecule has 1 N–H and O–H groups in total. The second kappa shape index (κ2) is 7.31. The lowest BCUT2D eigenvalue weighted by atomic mass is 10.1. The van der Waals surface area contributed by atoms with Gasteiger partial charge in [-0.05, 0) is 41.4 Å². The zero-order valence-corrected chi connectivity index (χ0v) is 14.1. The predicted molar refractivity (Wildman–Crippen MR) is 90.0 cm³/mol. The van der Waals surface area contributed by atoms with E-state index in [2.05, 4.69) is 26.2 Å². The van der Waals surface area contributed by atoms with Crippen molar-refractivity contribution in [2.75, 3.05) is 5.32 Å². The first kappa shape index (κ1) is 16.4. The molecule has 0 saturated heterocycles. The van der Waals surface area contributed by atoms with Crippen LogP contribution in [-0.2, 0) is 4.79 Å². The highest BCUT2D eigenvalue weighted by molar-refractivity contribution is 9.10. The Bertz CT molecular complexity index is 696. The number of aryl methyl sites for hydroxylation is 2. The third-order valence-electron chi connectivity index (χ3n) is 3.27. The van der Waals surface area contributed by atoms with E-state index in [1.807, 2.05) is 26.0 Å². The van der Waals surface area contributed by atoms with E-state index in [0.29, 0.717) is 11.4 Å². The van der Waals surface area contributed by atoms with Gasteiger partial charge in [-0.2, -0.15) is 0 Å². The van der Waals surface area contributed by atoms with E-state index in [0.717, 1.165) is 15.6 Å². The number of carbonyl (C=O) groups excluding carboxylic acids is 2. The van der Waals surface area contributed by atoms with Gasteiger partial charge < -0.3 is 5.32 Å². The van der Waals surface area contributed by atoms with Crippen molar-refractivity contribution in [3.8, 4) is 0 Å². The topological polar surface area (TPSA) is 59.1 Å². The Kier molecular flexibility index (Phi) is 5.44. The number of nitrogens with one attached hydrogen (secondary N) is 1. The lowest BCUT2D eigenvalue weighted by molar-refractivity contribution is -0.116. The van der Waals surface area contributed by atoms with Crippen molar-refractivity contribution < 1.29 is 9.59 Å². The van der Waals surface area contributed by atoms with Gasteiger partial charge in [-0.1, -0.05) is 29.8 Å². The lowest BCUT2D eigenvalue weighted by Crippen LogP contribution is -2.14. The van der Waals surface area contributed by atoms with E-state index < -0.39 is 0 Å². The van der Waals surface area contributed by atoms with Gasteiger partial charge in [0.1, 0.15) is 5.82 Å². The predicted octanol–water partition coefficient (Wildman–Crippen LogP) is 4.06. The van der Waals surface area contributed by atoms with Gasteiger partial charge in [-0.15, -0.1) is 0 Å². The summed E-state index contributed by atoms with van der Waals surface area (Å²) in [7, 11) is 0. The molecular weight excluding hydrogens is 344 g/mol. The largest absolute Gasteiger partial charge is 0.311 e. The summed E-state index contributed by atoms with van der Waals surface area (Å²) in [5.41, 5.74) is 2.73. The van der Waals surface area contributed by atoms with Crippen LogP contribution >= 0.6 is 15.9 Å². The van der Waals surface area contributed by atoms with E-state index in [1.165, 1.54) is 0 Å². The number of nitrogens with zero attached hydrogens (tertiary/aromatic N) is 1. The summed E-state index contributed by atoms with van der Waals surface area (Å²) in [5.74, 6) is 0.248. The zero-order chi connectivity index (χ0) is 16.1. The van der Waals surface area contributed by atoms with Crippen LogP contribution in [0.5, 0.6) is 0 Å². The van der Waals surface area contributed by atoms with Crippen LogP contribution in [0.2, 0.25) is 0 Å². The number of hydrogen-bond acceptors (Lipinski definition) is 3. The average molecular weight is 361 g/mol. The highest BCUT2D eigenvalue weighted by Gasteiger charge is 2.10. The number of ketones is 1. The number of rotatable bonds is 5. The summed E-state index contributed by atoms with van der Waals surface area (Å²) in [6.07, 6.45) is 1.97. The van der Waals surface area contributed by atoms with Crippen LogP contribution < -0.4 is 5.32 Å². The first-order valence-electron chi connectivity index (χ1n) is 6.97. The third-order valence-corrected chi connectivity index (χ3v) is 4.10. The smallest absolute Gasteiger partial charge is 0.225 e. The van der Waals surface area contributed by atoms with E-state index in [9.17, 15) is 9.59 Å². The molecule has 0 fully saturated rings. The van der Waals surface area contributed by atoms with Crippen LogP contribution in [0, 0.1) is 13.8 Å². The molecule has 2 aromatic rings. The molecule has 1 aromatic heterocycles. The number of aromatic nitrogens is 1. The molecule has 0 radical (unpaired) electrons. The van der Waals surface area contributed by atoms with Crippen molar-refractivity contribution in [1.82, 2.24) is 4.98 Å². The van der Waals surface area contributed by atoms with Gasteiger partial charge in [0.15, 0.2) is 5.78 Å². The molecule has 1 amide bonds. The highest BCUT2D eigenvalue weighted by atomic mass is 79.9. The normalized spacial score (nSPS) is 10.3. The van der Waals surface area contributed by atoms with E-state index in [-0.39, 0.29) is 24.5 Å². The quantitative estimate of drug-likeness (QED) is 0.817. The maximum absolute atomic E-state index is 12.0. The van der Waals surface area contributed by atoms with Gasteiger partial charge in [0.05, 0.1) is 0 Å². The molecule has 0 unspecified atom stereocenters. The Hall–Kier alpha value is -2.01. The molecule has 5 heteroatoms. The fourth-order valence-electron chi connectivity index (χ4n) is 1.92. The fraction of sp³-hybridized carbons (Fsp3) is 0.235. The molecule has 1 heterocycles. The Balaban J connectivity index is 1.88. The molecule has 0 aliphatic heterocycles. The van der Waals surface area contributed by atoms with E-state index in [4.69, 9.17) is 0 Å². The number of pyridine rings is 1. The number of carbonyl (C=O) groups is 2. The molecule has 22 heavy (non-hydrogen) atoms. The molecule has 1 aromatic carbocycles. The molecule has 0 bridgehead atoms. The summed E-state index contributed by atoms with van der Waals surface area (Å²) in [5, 5.41) is 2.70. The Morgan fingerprint density at radius 1 is 1.14 bits per heavy atom. The SMILES string of the molecule is Cc1ccc(C(=O)CCC(=O)Nc2cc(C)c(Br)cn2)cc1. The Morgan fingerprint density at radius 2 is 1.82 bits per heavy atom. The Labute approximate surface area is 138 Å². The van der Waals surface area contributed by atoms with Crippen LogP contribution in [0.4, 0.5) is 5.82 Å². The molecule has 0 spiro atoms. The second-order valence-electron chi connectivity index (χ2n) is 5.16. The van der Waals surface area contributed by atoms with E-state index >= 15 is 0 Å². The number of benzene rings is 1. The van der Waals surface area contributed by atoms with Gasteiger partial charge >= 0.3 is 0 Å². The van der Waals surface area contributed by atoms with Gasteiger partial charge in [0, 0.05) is 29.1 Å². The molecule has 114 valence electrons. The number of Topliss-reactive ketones (excluding diaryl/α,β-unsaturated/α-hetero) is 1. The summed E-state index contributed by atoms with van der Waals surface area (Å²) in [4.78, 5) is 28.0. The van der Waals surface area contributed by atoms with Crippen molar-refractivity contribution >= 4 is 33.4 Å². The van der Waals surface area contributed by atoms with Gasteiger partial charge in [0.2, 0.25) is 5.91 Å². The van der Waals surface area contributed by atoms with Crippen molar-refractivity contribution in [3.63, 3.8) is 0 Å². The van der Waals surface area contributed by atoms with Crippen molar-refractivity contribution in [2.45, 2.75) is 26.7 Å². The molecule has 0 aliphatic carbocycles. The monoisotopic (exact) mass is 360 g/mol. The molecule has 2 rings (SSSR count). The number of hydrogen-bond donors (Lipinski definition) is 1. The van der Waals surface area contributed by atoms with Gasteiger partial charge in [-0.3, -0.25) is 9.59 Å². The standard InChI is InChI=1S/C17H17BrN2O2/c1-11-3-5-13(6-4-11)15(21)7-8-17(22)20-16-9-12(2)14(18)10-19-16/h3-6,9-10H,7-8H2,1-2H3,(H,19,20,22). The van der Waals surface area contributed by atoms with Crippen LogP contribution in [0.15, 0.2) is 41.0 Å². The Morgan fingerprint density at radius 3 is 2.45 bits per heavy atom. The fourth-order valence-corrected chi connectivity index (χ4v) is 2.14. The lowest BCUT2D eigenvalue weighted by Gasteiger charge is -2.06. The average Bonchev–Trinajstić information content (AvgIpc) is 2.49. The molecule has 0 saturated carbocycles. The summed E-state index contributed by atoms with van der Waals surface area (Å²) in [6.45, 7) is 3.89. The van der Waals surface area contributed by atoms with Crippen LogP contribution in [0.3, 0.4) is 0 Å². The maximum Gasteiger partial charge on any atom is 0.225 e. The summed E-state index contributed by atoms with van der Waals surface area (Å²) in [6, 6.07) is 9.14. The minimum absolute atomic E-state index is 0.0323. The molecule has 4 nitrogen and oxygen atoms in total. The van der Waals surface area contributed by atoms with Crippen LogP contribution in [-0.4, -0.2) is 16.7 Å². The van der Waals surface area contributed by atoms with Crippen molar-refractivity contribution in [1.29, 1.82) is 0 Å². The van der Waals surface area contributed by atoms with Crippen molar-refractivity contribution in [2.24, 2.45) is 0 Å². The molecular formula is C17H17BrN2O2. The van der Waals surface area contributed by atoms with Gasteiger partial charge in [-0.25, -0.2) is 4.98 Å². The highest BCUT2D eigenvalue weighted by Crippen LogP contribution is 2.17. The number of amides is 1.